The number of fused-ring (bicyclic) bond motifs is 1. The van der Waals surface area contributed by atoms with Crippen LogP contribution < -0.4 is 36.6 Å². The highest BCUT2D eigenvalue weighted by Crippen LogP contribution is 2.47. The van der Waals surface area contributed by atoms with Crippen molar-refractivity contribution in [1.82, 2.24) is 4.57 Å². The van der Waals surface area contributed by atoms with Crippen molar-refractivity contribution in [3.8, 4) is 0 Å². The minimum atomic E-state index is -0.891. The van der Waals surface area contributed by atoms with Gasteiger partial charge in [-0.05, 0) is 52.5 Å². The van der Waals surface area contributed by atoms with Gasteiger partial charge in [0.2, 0.25) is 5.69 Å². The molecule has 0 spiro atoms. The van der Waals surface area contributed by atoms with E-state index in [2.05, 4.69) is 26.6 Å². The third-order valence-electron chi connectivity index (χ3n) is 5.60. The summed E-state index contributed by atoms with van der Waals surface area (Å²) in [5, 5.41) is 2.66. The van der Waals surface area contributed by atoms with E-state index in [4.69, 9.17) is 0 Å². The molecule has 5 rings (SSSR count). The van der Waals surface area contributed by atoms with Crippen molar-refractivity contribution in [2.75, 3.05) is 11.9 Å². The van der Waals surface area contributed by atoms with Crippen LogP contribution in [-0.2, 0) is 13.1 Å². The van der Waals surface area contributed by atoms with Crippen molar-refractivity contribution in [3.63, 3.8) is 0 Å². The van der Waals surface area contributed by atoms with Gasteiger partial charge in [0.05, 0.1) is 14.4 Å². The van der Waals surface area contributed by atoms with Gasteiger partial charge in [-0.2, -0.15) is 4.57 Å². The Kier molecular flexibility index (Phi) is 7.87. The van der Waals surface area contributed by atoms with Gasteiger partial charge in [-0.15, -0.1) is 22.7 Å². The summed E-state index contributed by atoms with van der Waals surface area (Å²) in [6, 6.07) is 10.7. The van der Waals surface area contributed by atoms with Crippen LogP contribution in [0.5, 0.6) is 0 Å². The number of hydrogen-bond acceptors (Lipinski definition) is 5. The summed E-state index contributed by atoms with van der Waals surface area (Å²) in [4.78, 5) is 15.3. The van der Waals surface area contributed by atoms with Crippen LogP contribution in [0.1, 0.15) is 18.2 Å². The first-order valence-corrected chi connectivity index (χ1v) is 13.7. The molecular weight excluding hydrogens is 596 g/mol. The lowest BCUT2D eigenvalue weighted by molar-refractivity contribution is -0.690. The summed E-state index contributed by atoms with van der Waals surface area (Å²) >= 11 is 7.72. The number of rotatable bonds is 4. The van der Waals surface area contributed by atoms with E-state index in [1.165, 1.54) is 16.9 Å². The quantitative estimate of drug-likeness (QED) is 0.327. The zero-order valence-electron chi connectivity index (χ0n) is 18.6. The summed E-state index contributed by atoms with van der Waals surface area (Å²) in [7, 11) is 1.77. The average Bonchev–Trinajstić information content (AvgIpc) is 3.48. The molecule has 0 radical (unpaired) electrons. The second-order valence-corrected chi connectivity index (χ2v) is 11.9. The molecule has 0 unspecified atom stereocenters. The Morgan fingerprint density at radius 1 is 1.17 bits per heavy atom. The fraction of sp³-hybridized carbons (Fsp3) is 0.167. The number of hydrogen-bond donors (Lipinski definition) is 0. The van der Waals surface area contributed by atoms with Gasteiger partial charge in [-0.25, -0.2) is 8.78 Å². The largest absolute Gasteiger partial charge is 1.00 e. The van der Waals surface area contributed by atoms with Crippen molar-refractivity contribution >= 4 is 67.2 Å². The van der Waals surface area contributed by atoms with Crippen molar-refractivity contribution in [2.45, 2.75) is 24.9 Å². The molecule has 1 aliphatic rings. The summed E-state index contributed by atoms with van der Waals surface area (Å²) in [5.41, 5.74) is 2.57. The Morgan fingerprint density at radius 3 is 2.69 bits per heavy atom. The van der Waals surface area contributed by atoms with Gasteiger partial charge in [-0.3, -0.25) is 9.36 Å². The van der Waals surface area contributed by atoms with E-state index >= 15 is 0 Å². The fourth-order valence-electron chi connectivity index (χ4n) is 3.83. The third kappa shape index (κ3) is 4.74. The maximum atomic E-state index is 14.4. The van der Waals surface area contributed by atoms with Gasteiger partial charge < -0.3 is 17.3 Å². The predicted molar refractivity (Wildman–Crippen MR) is 139 cm³/mol. The number of thiazole rings is 1. The van der Waals surface area contributed by atoms with Gasteiger partial charge in [0.25, 0.3) is 5.56 Å². The molecule has 11 heteroatoms. The molecule has 0 amide bonds. The van der Waals surface area contributed by atoms with Crippen molar-refractivity contribution in [1.29, 1.82) is 0 Å². The predicted octanol–water partition coefficient (Wildman–Crippen LogP) is 1.51. The highest BCUT2D eigenvalue weighted by Gasteiger charge is 2.29. The van der Waals surface area contributed by atoms with Crippen LogP contribution >= 0.6 is 50.4 Å². The molecule has 1 aliphatic heterocycles. The van der Waals surface area contributed by atoms with Crippen LogP contribution in [0, 0.1) is 11.6 Å². The van der Waals surface area contributed by atoms with Gasteiger partial charge in [0, 0.05) is 37.4 Å². The summed E-state index contributed by atoms with van der Waals surface area (Å²) in [6.07, 6.45) is 4.02. The van der Waals surface area contributed by atoms with Crippen LogP contribution in [0.25, 0.3) is 11.1 Å². The Morgan fingerprint density at radius 2 is 1.97 bits per heavy atom. The molecule has 3 aromatic heterocycles. The van der Waals surface area contributed by atoms with E-state index in [-0.39, 0.29) is 22.9 Å². The Labute approximate surface area is 227 Å². The number of anilines is 1. The topological polar surface area (TPSA) is 29.1 Å². The average molecular weight is 615 g/mol. The number of halogens is 4. The van der Waals surface area contributed by atoms with Crippen LogP contribution in [0.2, 0.25) is 0 Å². The van der Waals surface area contributed by atoms with E-state index in [0.717, 1.165) is 32.0 Å². The van der Waals surface area contributed by atoms with Crippen molar-refractivity contribution in [2.24, 2.45) is 0 Å². The molecule has 0 atom stereocenters. The second-order valence-electron chi connectivity index (χ2n) is 7.61. The first-order chi connectivity index (χ1) is 16.4. The lowest BCUT2D eigenvalue weighted by Gasteiger charge is -2.12. The number of thioether (sulfide) groups is 1. The standard InChI is InChI=1S/C24H19BrF2N3OS3.ClH/c1-3-30-18(12-15-6-4-5-10-29(15)13-14-9-11-32-22(14)25)33-21(23(30)31)24-28(2)17-8-7-16(26)19(27)20(17)34-24;/h4-12H,3,13H2,1-2H3;1H/q+1;/p-1/b24-21+;. The Hall–Kier alpha value is -1.98. The monoisotopic (exact) mass is 613 g/mol. The summed E-state index contributed by atoms with van der Waals surface area (Å²) in [6.45, 7) is 3.12. The van der Waals surface area contributed by atoms with Gasteiger partial charge >= 0.3 is 0 Å². The van der Waals surface area contributed by atoms with Crippen LogP contribution in [-0.4, -0.2) is 11.6 Å². The number of thiophene rings is 1. The Bertz CT molecular complexity index is 1600. The molecular formula is C24H19BrClF2N3OS3. The molecule has 4 aromatic rings. The van der Waals surface area contributed by atoms with E-state index < -0.39 is 11.6 Å². The van der Waals surface area contributed by atoms with Crippen LogP contribution in [0.3, 0.4) is 0 Å². The summed E-state index contributed by atoms with van der Waals surface area (Å²) < 4.78 is 34.5. The molecule has 35 heavy (non-hydrogen) atoms. The second kappa shape index (κ2) is 10.6. The highest BCUT2D eigenvalue weighted by atomic mass is 79.9. The molecule has 0 fully saturated rings. The molecule has 0 N–H and O–H groups in total. The zero-order chi connectivity index (χ0) is 24.0. The third-order valence-corrected chi connectivity index (χ3v) is 9.92. The molecule has 4 heterocycles. The van der Waals surface area contributed by atoms with Crippen molar-refractivity contribution in [3.05, 3.63) is 94.2 Å². The minimum Gasteiger partial charge on any atom is -1.00 e. The molecule has 0 saturated heterocycles. The normalized spacial score (nSPS) is 14.9. The molecule has 0 saturated carbocycles. The smallest absolute Gasteiger partial charge is 0.271 e. The van der Waals surface area contributed by atoms with Crippen LogP contribution in [0.15, 0.2) is 61.5 Å². The van der Waals surface area contributed by atoms with Gasteiger partial charge in [-0.1, -0.05) is 11.8 Å². The van der Waals surface area contributed by atoms with E-state index in [1.54, 1.807) is 33.9 Å². The molecule has 0 bridgehead atoms. The molecule has 0 aliphatic carbocycles. The number of nitrogens with zero attached hydrogens (tertiary/aromatic N) is 3. The van der Waals surface area contributed by atoms with Gasteiger partial charge in [0.1, 0.15) is 14.2 Å². The Balaban J connectivity index is 0.00000289. The number of aromatic nitrogens is 2. The van der Waals surface area contributed by atoms with E-state index in [1.807, 2.05) is 42.8 Å². The van der Waals surface area contributed by atoms with Crippen LogP contribution in [0.4, 0.5) is 14.5 Å². The lowest BCUT2D eigenvalue weighted by Crippen LogP contribution is -3.00. The highest BCUT2D eigenvalue weighted by molar-refractivity contribution is 9.11. The summed E-state index contributed by atoms with van der Waals surface area (Å²) in [5.74, 6) is -1.77. The molecule has 1 aromatic carbocycles. The van der Waals surface area contributed by atoms with E-state index in [0.29, 0.717) is 28.3 Å². The minimum absolute atomic E-state index is 0. The molecule has 182 valence electrons. The van der Waals surface area contributed by atoms with E-state index in [9.17, 15) is 13.6 Å². The fourth-order valence-corrected chi connectivity index (χ4v) is 7.54. The SMILES string of the molecule is CCn1c(=O)/c(=C2\Sc3c(ccc(F)c3F)N2C)s/c1=C\c1cccc[n+]1Cc1ccsc1Br.[Cl-]. The van der Waals surface area contributed by atoms with Crippen molar-refractivity contribution < 1.29 is 25.8 Å². The first-order valence-electron chi connectivity index (χ1n) is 10.4. The first kappa shape index (κ1) is 26.1. The number of benzene rings is 1. The zero-order valence-corrected chi connectivity index (χ0v) is 23.4. The molecule has 4 nitrogen and oxygen atoms in total. The number of pyridine rings is 1. The maximum Gasteiger partial charge on any atom is 0.271 e. The van der Waals surface area contributed by atoms with Gasteiger partial charge in [0.15, 0.2) is 24.4 Å². The maximum absolute atomic E-state index is 14.4. The lowest BCUT2D eigenvalue weighted by atomic mass is 10.3.